The van der Waals surface area contributed by atoms with Crippen LogP contribution in [0.4, 0.5) is 5.69 Å². The van der Waals surface area contributed by atoms with Gasteiger partial charge in [0.2, 0.25) is 0 Å². The maximum Gasteiger partial charge on any atom is 0.266 e. The molecule has 7 nitrogen and oxygen atoms in total. The van der Waals surface area contributed by atoms with Gasteiger partial charge in [-0.1, -0.05) is 12.1 Å². The highest BCUT2D eigenvalue weighted by Crippen LogP contribution is 2.21. The van der Waals surface area contributed by atoms with Gasteiger partial charge >= 0.3 is 0 Å². The summed E-state index contributed by atoms with van der Waals surface area (Å²) in [4.78, 5) is 13.2. The second-order valence-electron chi connectivity index (χ2n) is 4.07. The summed E-state index contributed by atoms with van der Waals surface area (Å²) in [5.41, 5.74) is 0.161. The number of phenols is 1. The quantitative estimate of drug-likeness (QED) is 0.320. The van der Waals surface area contributed by atoms with Gasteiger partial charge in [0.1, 0.15) is 17.4 Å². The number of hydrogen-bond donors (Lipinski definition) is 4. The molecule has 0 atom stereocenters. The third-order valence-electron chi connectivity index (χ3n) is 2.65. The Morgan fingerprint density at radius 3 is 2.43 bits per heavy atom. The smallest absolute Gasteiger partial charge is 0.266 e. The monoisotopic (exact) mass is 291 g/mol. The van der Waals surface area contributed by atoms with Gasteiger partial charge in [-0.15, -0.1) is 0 Å². The number of rotatable bonds is 7. The number of anilines is 1. The van der Waals surface area contributed by atoms with Crippen molar-refractivity contribution in [1.82, 2.24) is 4.90 Å². The van der Waals surface area contributed by atoms with E-state index in [1.54, 1.807) is 24.3 Å². The average molecular weight is 291 g/mol. The van der Waals surface area contributed by atoms with Crippen LogP contribution in [-0.4, -0.2) is 52.4 Å². The highest BCUT2D eigenvalue weighted by Gasteiger charge is 2.17. The molecule has 112 valence electrons. The molecular weight excluding hydrogens is 274 g/mol. The number of aliphatic hydroxyl groups is 2. The van der Waals surface area contributed by atoms with Crippen molar-refractivity contribution >= 4 is 11.6 Å². The predicted octanol–water partition coefficient (Wildman–Crippen LogP) is 0.0248. The van der Waals surface area contributed by atoms with E-state index in [1.807, 2.05) is 0 Å². The van der Waals surface area contributed by atoms with Gasteiger partial charge in [0, 0.05) is 19.3 Å². The van der Waals surface area contributed by atoms with Crippen LogP contribution in [0, 0.1) is 11.3 Å². The Morgan fingerprint density at radius 1 is 1.29 bits per heavy atom. The molecule has 0 bridgehead atoms. The normalized spacial score (nSPS) is 10.8. The SMILES string of the molecule is N#C/C(=C/Nc1ccccc1O)C(=O)N(CCO)CCO. The van der Waals surface area contributed by atoms with Crippen LogP contribution in [-0.2, 0) is 4.79 Å². The lowest BCUT2D eigenvalue weighted by molar-refractivity contribution is -0.127. The van der Waals surface area contributed by atoms with Crippen molar-refractivity contribution in [3.05, 3.63) is 36.0 Å². The zero-order valence-corrected chi connectivity index (χ0v) is 11.4. The number of benzene rings is 1. The molecular formula is C14H17N3O4. The van der Waals surface area contributed by atoms with Crippen LogP contribution in [0.5, 0.6) is 5.75 Å². The Bertz CT molecular complexity index is 545. The summed E-state index contributed by atoms with van der Waals surface area (Å²) >= 11 is 0. The molecule has 0 aliphatic carbocycles. The van der Waals surface area contributed by atoms with E-state index in [9.17, 15) is 9.90 Å². The lowest BCUT2D eigenvalue weighted by atomic mass is 10.2. The topological polar surface area (TPSA) is 117 Å². The fraction of sp³-hybridized carbons (Fsp3) is 0.286. The van der Waals surface area contributed by atoms with Gasteiger partial charge in [0.25, 0.3) is 5.91 Å². The number of para-hydroxylation sites is 2. The van der Waals surface area contributed by atoms with Gasteiger partial charge in [-0.2, -0.15) is 5.26 Å². The minimum Gasteiger partial charge on any atom is -0.506 e. The van der Waals surface area contributed by atoms with Gasteiger partial charge < -0.3 is 25.5 Å². The number of carbonyl (C=O) groups is 1. The first-order valence-electron chi connectivity index (χ1n) is 6.29. The number of hydrogen-bond acceptors (Lipinski definition) is 6. The van der Waals surface area contributed by atoms with Crippen molar-refractivity contribution in [2.45, 2.75) is 0 Å². The zero-order valence-electron chi connectivity index (χ0n) is 11.4. The summed E-state index contributed by atoms with van der Waals surface area (Å²) in [5.74, 6) is -0.621. The second kappa shape index (κ2) is 8.58. The Balaban J connectivity index is 2.86. The number of nitrogens with one attached hydrogen (secondary N) is 1. The number of nitrogens with zero attached hydrogens (tertiary/aromatic N) is 2. The van der Waals surface area contributed by atoms with Crippen LogP contribution in [0.15, 0.2) is 36.0 Å². The van der Waals surface area contributed by atoms with E-state index in [0.29, 0.717) is 5.69 Å². The number of phenolic OH excluding ortho intramolecular Hbond substituents is 1. The molecule has 0 saturated heterocycles. The van der Waals surface area contributed by atoms with Gasteiger partial charge in [0.15, 0.2) is 0 Å². The van der Waals surface area contributed by atoms with Crippen molar-refractivity contribution in [3.63, 3.8) is 0 Å². The van der Waals surface area contributed by atoms with E-state index in [1.165, 1.54) is 17.2 Å². The first-order valence-corrected chi connectivity index (χ1v) is 6.29. The predicted molar refractivity (Wildman–Crippen MR) is 76.2 cm³/mol. The highest BCUT2D eigenvalue weighted by atomic mass is 16.3. The van der Waals surface area contributed by atoms with Gasteiger partial charge in [-0.25, -0.2) is 0 Å². The van der Waals surface area contributed by atoms with Gasteiger partial charge in [-0.3, -0.25) is 4.79 Å². The fourth-order valence-electron chi connectivity index (χ4n) is 1.61. The average Bonchev–Trinajstić information content (AvgIpc) is 2.49. The lowest BCUT2D eigenvalue weighted by Gasteiger charge is -2.20. The molecule has 7 heteroatoms. The molecule has 0 aliphatic rings. The van der Waals surface area contributed by atoms with E-state index in [-0.39, 0.29) is 37.6 Å². The first kappa shape index (κ1) is 16.5. The van der Waals surface area contributed by atoms with Crippen LogP contribution in [0.2, 0.25) is 0 Å². The maximum absolute atomic E-state index is 12.1. The number of amides is 1. The van der Waals surface area contributed by atoms with Crippen LogP contribution in [0.25, 0.3) is 0 Å². The van der Waals surface area contributed by atoms with Gasteiger partial charge in [0.05, 0.1) is 18.9 Å². The van der Waals surface area contributed by atoms with Crippen molar-refractivity contribution in [2.24, 2.45) is 0 Å². The van der Waals surface area contributed by atoms with E-state index in [0.717, 1.165) is 0 Å². The van der Waals surface area contributed by atoms with E-state index < -0.39 is 5.91 Å². The third kappa shape index (κ3) is 4.80. The molecule has 1 aromatic carbocycles. The highest BCUT2D eigenvalue weighted by molar-refractivity contribution is 5.97. The van der Waals surface area contributed by atoms with Crippen molar-refractivity contribution in [3.8, 4) is 11.8 Å². The minimum absolute atomic E-state index is 0.0129. The van der Waals surface area contributed by atoms with Crippen molar-refractivity contribution < 1.29 is 20.1 Å². The van der Waals surface area contributed by atoms with Crippen molar-refractivity contribution in [1.29, 1.82) is 5.26 Å². The summed E-state index contributed by atoms with van der Waals surface area (Å²) in [6.07, 6.45) is 1.18. The summed E-state index contributed by atoms with van der Waals surface area (Å²) in [5, 5.41) is 39.1. The van der Waals surface area contributed by atoms with E-state index in [2.05, 4.69) is 5.32 Å². The Hall–Kier alpha value is -2.56. The fourth-order valence-corrected chi connectivity index (χ4v) is 1.61. The summed E-state index contributed by atoms with van der Waals surface area (Å²) in [6.45, 7) is -0.487. The molecule has 0 spiro atoms. The Morgan fingerprint density at radius 2 is 1.90 bits per heavy atom. The summed E-state index contributed by atoms with van der Waals surface area (Å²) in [6, 6.07) is 8.14. The standard InChI is InChI=1S/C14H17N3O4/c15-9-11(14(21)17(5-7-18)6-8-19)10-16-12-3-1-2-4-13(12)20/h1-4,10,16,18-20H,5-8H2/b11-10-. The van der Waals surface area contributed by atoms with Crippen molar-refractivity contribution in [2.75, 3.05) is 31.6 Å². The number of nitriles is 1. The molecule has 0 saturated carbocycles. The summed E-state index contributed by atoms with van der Waals surface area (Å²) in [7, 11) is 0. The number of aliphatic hydroxyl groups excluding tert-OH is 2. The molecule has 4 N–H and O–H groups in total. The lowest BCUT2D eigenvalue weighted by Crippen LogP contribution is -2.36. The Labute approximate surface area is 122 Å². The van der Waals surface area contributed by atoms with E-state index in [4.69, 9.17) is 15.5 Å². The molecule has 1 aromatic rings. The molecule has 0 radical (unpaired) electrons. The van der Waals surface area contributed by atoms with Crippen LogP contribution >= 0.6 is 0 Å². The van der Waals surface area contributed by atoms with Crippen LogP contribution < -0.4 is 5.32 Å². The third-order valence-corrected chi connectivity index (χ3v) is 2.65. The van der Waals surface area contributed by atoms with Crippen LogP contribution in [0.1, 0.15) is 0 Å². The molecule has 21 heavy (non-hydrogen) atoms. The van der Waals surface area contributed by atoms with Crippen LogP contribution in [0.3, 0.4) is 0 Å². The summed E-state index contributed by atoms with van der Waals surface area (Å²) < 4.78 is 0. The maximum atomic E-state index is 12.1. The Kier molecular flexibility index (Phi) is 6.74. The molecule has 0 heterocycles. The minimum atomic E-state index is -0.608. The number of aromatic hydroxyl groups is 1. The molecule has 0 unspecified atom stereocenters. The molecule has 0 aromatic heterocycles. The molecule has 0 aliphatic heterocycles. The largest absolute Gasteiger partial charge is 0.506 e. The first-order chi connectivity index (χ1) is 10.1. The van der Waals surface area contributed by atoms with E-state index >= 15 is 0 Å². The molecule has 1 amide bonds. The second-order valence-corrected chi connectivity index (χ2v) is 4.07. The number of carbonyl (C=O) groups excluding carboxylic acids is 1. The zero-order chi connectivity index (χ0) is 15.7. The van der Waals surface area contributed by atoms with Gasteiger partial charge in [-0.05, 0) is 12.1 Å². The molecule has 0 fully saturated rings. The molecule has 1 rings (SSSR count).